The lowest BCUT2D eigenvalue weighted by molar-refractivity contribution is 0.272. The number of likely N-dealkylation sites (tertiary alicyclic amines) is 1. The van der Waals surface area contributed by atoms with E-state index in [2.05, 4.69) is 21.8 Å². The Bertz CT molecular complexity index is 349. The SMILES string of the molecule is Cc1cnc(CN2CCC(C)(CN)C2)cn1. The van der Waals surface area contributed by atoms with E-state index in [1.54, 1.807) is 0 Å². The molecule has 0 amide bonds. The van der Waals surface area contributed by atoms with Crippen LogP contribution in [0.5, 0.6) is 0 Å². The van der Waals surface area contributed by atoms with Gasteiger partial charge in [0.15, 0.2) is 0 Å². The van der Waals surface area contributed by atoms with E-state index in [-0.39, 0.29) is 5.41 Å². The summed E-state index contributed by atoms with van der Waals surface area (Å²) in [5.41, 5.74) is 8.10. The molecule has 1 aromatic rings. The second-order valence-electron chi connectivity index (χ2n) is 5.12. The fourth-order valence-corrected chi connectivity index (χ4v) is 2.16. The van der Waals surface area contributed by atoms with Gasteiger partial charge in [0.1, 0.15) is 0 Å². The van der Waals surface area contributed by atoms with Crippen molar-refractivity contribution in [3.63, 3.8) is 0 Å². The molecule has 2 rings (SSSR count). The Morgan fingerprint density at radius 3 is 2.81 bits per heavy atom. The van der Waals surface area contributed by atoms with Gasteiger partial charge in [0.2, 0.25) is 0 Å². The van der Waals surface area contributed by atoms with E-state index in [0.717, 1.165) is 37.6 Å². The van der Waals surface area contributed by atoms with Crippen molar-refractivity contribution in [2.45, 2.75) is 26.8 Å². The van der Waals surface area contributed by atoms with Crippen LogP contribution in [0, 0.1) is 12.3 Å². The summed E-state index contributed by atoms with van der Waals surface area (Å²) in [5.74, 6) is 0. The molecule has 16 heavy (non-hydrogen) atoms. The quantitative estimate of drug-likeness (QED) is 0.824. The molecular weight excluding hydrogens is 200 g/mol. The van der Waals surface area contributed by atoms with Crippen molar-refractivity contribution < 1.29 is 0 Å². The third kappa shape index (κ3) is 2.57. The summed E-state index contributed by atoms with van der Waals surface area (Å²) in [7, 11) is 0. The molecule has 0 spiro atoms. The Kier molecular flexibility index (Phi) is 3.21. The number of nitrogens with zero attached hydrogens (tertiary/aromatic N) is 3. The lowest BCUT2D eigenvalue weighted by Gasteiger charge is -2.22. The minimum absolute atomic E-state index is 0.290. The molecule has 0 saturated carbocycles. The molecule has 4 heteroatoms. The van der Waals surface area contributed by atoms with Crippen molar-refractivity contribution in [3.05, 3.63) is 23.8 Å². The summed E-state index contributed by atoms with van der Waals surface area (Å²) >= 11 is 0. The fraction of sp³-hybridized carbons (Fsp3) is 0.667. The third-order valence-electron chi connectivity index (χ3n) is 3.35. The molecule has 0 radical (unpaired) electrons. The first-order chi connectivity index (χ1) is 7.61. The van der Waals surface area contributed by atoms with Gasteiger partial charge in [0.05, 0.1) is 11.4 Å². The molecule has 1 atom stereocenters. The van der Waals surface area contributed by atoms with Gasteiger partial charge < -0.3 is 5.73 Å². The molecule has 1 aromatic heterocycles. The van der Waals surface area contributed by atoms with E-state index >= 15 is 0 Å². The van der Waals surface area contributed by atoms with E-state index in [0.29, 0.717) is 0 Å². The van der Waals surface area contributed by atoms with Crippen molar-refractivity contribution in [1.82, 2.24) is 14.9 Å². The number of hydrogen-bond donors (Lipinski definition) is 1. The van der Waals surface area contributed by atoms with Crippen LogP contribution < -0.4 is 5.73 Å². The Morgan fingerprint density at radius 1 is 1.44 bits per heavy atom. The van der Waals surface area contributed by atoms with Crippen molar-refractivity contribution in [2.75, 3.05) is 19.6 Å². The van der Waals surface area contributed by atoms with Crippen LogP contribution in [0.25, 0.3) is 0 Å². The molecule has 1 fully saturated rings. The van der Waals surface area contributed by atoms with Gasteiger partial charge in [-0.3, -0.25) is 14.9 Å². The lowest BCUT2D eigenvalue weighted by Crippen LogP contribution is -2.31. The number of aromatic nitrogens is 2. The second kappa shape index (κ2) is 4.47. The Hall–Kier alpha value is -1.00. The second-order valence-corrected chi connectivity index (χ2v) is 5.12. The molecule has 1 unspecified atom stereocenters. The van der Waals surface area contributed by atoms with Crippen LogP contribution in [0.1, 0.15) is 24.7 Å². The maximum absolute atomic E-state index is 5.79. The number of nitrogens with two attached hydrogens (primary N) is 1. The monoisotopic (exact) mass is 220 g/mol. The van der Waals surface area contributed by atoms with Crippen molar-refractivity contribution in [3.8, 4) is 0 Å². The minimum Gasteiger partial charge on any atom is -0.330 e. The van der Waals surface area contributed by atoms with Crippen LogP contribution in [-0.4, -0.2) is 34.5 Å². The minimum atomic E-state index is 0.290. The van der Waals surface area contributed by atoms with Gasteiger partial charge in [-0.15, -0.1) is 0 Å². The highest BCUT2D eigenvalue weighted by Crippen LogP contribution is 2.29. The van der Waals surface area contributed by atoms with Crippen LogP contribution in [0.15, 0.2) is 12.4 Å². The molecule has 0 aliphatic carbocycles. The fourth-order valence-electron chi connectivity index (χ4n) is 2.16. The van der Waals surface area contributed by atoms with Crippen molar-refractivity contribution in [1.29, 1.82) is 0 Å². The molecular formula is C12H20N4. The van der Waals surface area contributed by atoms with E-state index < -0.39 is 0 Å². The first kappa shape index (κ1) is 11.5. The molecule has 4 nitrogen and oxygen atoms in total. The Labute approximate surface area is 96.9 Å². The van der Waals surface area contributed by atoms with Crippen LogP contribution in [0.4, 0.5) is 0 Å². The Balaban J connectivity index is 1.94. The standard InChI is InChI=1S/C12H20N4/c1-10-5-15-11(6-14-10)7-16-4-3-12(2,8-13)9-16/h5-6H,3-4,7-9,13H2,1-2H3. The summed E-state index contributed by atoms with van der Waals surface area (Å²) in [6.45, 7) is 8.06. The highest BCUT2D eigenvalue weighted by molar-refractivity contribution is 5.01. The van der Waals surface area contributed by atoms with Gasteiger partial charge in [-0.1, -0.05) is 6.92 Å². The number of hydrogen-bond acceptors (Lipinski definition) is 4. The van der Waals surface area contributed by atoms with E-state index in [4.69, 9.17) is 5.73 Å². The molecule has 88 valence electrons. The highest BCUT2D eigenvalue weighted by Gasteiger charge is 2.32. The molecule has 0 bridgehead atoms. The zero-order valence-corrected chi connectivity index (χ0v) is 10.1. The third-order valence-corrected chi connectivity index (χ3v) is 3.35. The van der Waals surface area contributed by atoms with E-state index in [9.17, 15) is 0 Å². The number of aryl methyl sites for hydroxylation is 1. The van der Waals surface area contributed by atoms with Crippen LogP contribution in [0.3, 0.4) is 0 Å². The summed E-state index contributed by atoms with van der Waals surface area (Å²) in [6.07, 6.45) is 4.88. The van der Waals surface area contributed by atoms with Gasteiger partial charge >= 0.3 is 0 Å². The number of rotatable bonds is 3. The summed E-state index contributed by atoms with van der Waals surface area (Å²) in [4.78, 5) is 11.1. The summed E-state index contributed by atoms with van der Waals surface area (Å²) in [6, 6.07) is 0. The maximum Gasteiger partial charge on any atom is 0.0727 e. The van der Waals surface area contributed by atoms with Gasteiger partial charge in [0.25, 0.3) is 0 Å². The normalized spacial score (nSPS) is 26.2. The van der Waals surface area contributed by atoms with E-state index in [1.165, 1.54) is 6.42 Å². The van der Waals surface area contributed by atoms with Crippen LogP contribution >= 0.6 is 0 Å². The largest absolute Gasteiger partial charge is 0.330 e. The molecule has 2 N–H and O–H groups in total. The van der Waals surface area contributed by atoms with Crippen molar-refractivity contribution in [2.24, 2.45) is 11.1 Å². The van der Waals surface area contributed by atoms with Crippen LogP contribution in [0.2, 0.25) is 0 Å². The first-order valence-electron chi connectivity index (χ1n) is 5.81. The van der Waals surface area contributed by atoms with Crippen LogP contribution in [-0.2, 0) is 6.54 Å². The van der Waals surface area contributed by atoms with Gasteiger partial charge in [0, 0.05) is 25.5 Å². The summed E-state index contributed by atoms with van der Waals surface area (Å²) < 4.78 is 0. The molecule has 1 saturated heterocycles. The Morgan fingerprint density at radius 2 is 2.25 bits per heavy atom. The molecule has 1 aliphatic heterocycles. The topological polar surface area (TPSA) is 55.0 Å². The maximum atomic E-state index is 5.79. The smallest absolute Gasteiger partial charge is 0.0727 e. The highest BCUT2D eigenvalue weighted by atomic mass is 15.2. The lowest BCUT2D eigenvalue weighted by atomic mass is 9.90. The average Bonchev–Trinajstić information content (AvgIpc) is 2.65. The van der Waals surface area contributed by atoms with Gasteiger partial charge in [-0.05, 0) is 31.8 Å². The predicted octanol–water partition coefficient (Wildman–Crippen LogP) is 0.956. The van der Waals surface area contributed by atoms with E-state index in [1.807, 2.05) is 19.3 Å². The molecule has 0 aromatic carbocycles. The van der Waals surface area contributed by atoms with Gasteiger partial charge in [-0.25, -0.2) is 0 Å². The average molecular weight is 220 g/mol. The van der Waals surface area contributed by atoms with Gasteiger partial charge in [-0.2, -0.15) is 0 Å². The predicted molar refractivity (Wildman–Crippen MR) is 63.8 cm³/mol. The summed E-state index contributed by atoms with van der Waals surface area (Å²) in [5, 5.41) is 0. The molecule has 2 heterocycles. The first-order valence-corrected chi connectivity index (χ1v) is 5.81. The molecule has 1 aliphatic rings. The zero-order chi connectivity index (χ0) is 11.6. The van der Waals surface area contributed by atoms with Crippen molar-refractivity contribution >= 4 is 0 Å². The zero-order valence-electron chi connectivity index (χ0n) is 10.1.